The van der Waals surface area contributed by atoms with Gasteiger partial charge in [-0.3, -0.25) is 14.7 Å². The van der Waals surface area contributed by atoms with Gasteiger partial charge in [0.25, 0.3) is 5.91 Å². The number of carbonyl (C=O) groups is 1. The fourth-order valence-corrected chi connectivity index (χ4v) is 5.62. The van der Waals surface area contributed by atoms with Crippen LogP contribution in [0.25, 0.3) is 11.3 Å². The SMILES string of the molecule is CCc1cccc(CC)c1-c1cc(Oc2ccc(C(N)=O)c(O)c2)c(CN2CCC3(CC2)OCCO3)c(C)n1. The van der Waals surface area contributed by atoms with Crippen LogP contribution in [-0.2, 0) is 28.9 Å². The molecule has 39 heavy (non-hydrogen) atoms. The Labute approximate surface area is 229 Å². The predicted molar refractivity (Wildman–Crippen MR) is 149 cm³/mol. The number of amides is 1. The van der Waals surface area contributed by atoms with E-state index in [9.17, 15) is 9.90 Å². The number of piperidine rings is 1. The molecule has 0 atom stereocenters. The van der Waals surface area contributed by atoms with Crippen LogP contribution in [0.3, 0.4) is 0 Å². The van der Waals surface area contributed by atoms with Crippen LogP contribution in [0.15, 0.2) is 42.5 Å². The number of nitrogens with zero attached hydrogens (tertiary/aromatic N) is 2. The smallest absolute Gasteiger partial charge is 0.252 e. The Balaban J connectivity index is 1.52. The van der Waals surface area contributed by atoms with Crippen LogP contribution in [0, 0.1) is 6.92 Å². The highest BCUT2D eigenvalue weighted by atomic mass is 16.7. The first-order valence-electron chi connectivity index (χ1n) is 13.7. The van der Waals surface area contributed by atoms with Crippen molar-refractivity contribution >= 4 is 5.91 Å². The molecule has 3 N–H and O–H groups in total. The topological polar surface area (TPSA) is 107 Å². The highest BCUT2D eigenvalue weighted by Crippen LogP contribution is 2.38. The summed E-state index contributed by atoms with van der Waals surface area (Å²) in [6.45, 7) is 9.98. The molecule has 8 nitrogen and oxygen atoms in total. The van der Waals surface area contributed by atoms with E-state index < -0.39 is 11.7 Å². The fourth-order valence-electron chi connectivity index (χ4n) is 5.62. The number of pyridine rings is 1. The van der Waals surface area contributed by atoms with Gasteiger partial charge in [-0.2, -0.15) is 0 Å². The third-order valence-corrected chi connectivity index (χ3v) is 7.82. The maximum atomic E-state index is 11.6. The number of aromatic nitrogens is 1. The third-order valence-electron chi connectivity index (χ3n) is 7.82. The van der Waals surface area contributed by atoms with Gasteiger partial charge in [0, 0.05) is 61.4 Å². The normalized spacial score (nSPS) is 17.0. The van der Waals surface area contributed by atoms with Gasteiger partial charge in [0.2, 0.25) is 0 Å². The van der Waals surface area contributed by atoms with E-state index in [1.165, 1.54) is 23.3 Å². The molecule has 3 heterocycles. The Morgan fingerprint density at radius 3 is 2.33 bits per heavy atom. The van der Waals surface area contributed by atoms with Gasteiger partial charge in [-0.15, -0.1) is 0 Å². The van der Waals surface area contributed by atoms with Gasteiger partial charge < -0.3 is 25.1 Å². The van der Waals surface area contributed by atoms with Gasteiger partial charge >= 0.3 is 0 Å². The van der Waals surface area contributed by atoms with Crippen molar-refractivity contribution in [2.45, 2.75) is 58.8 Å². The van der Waals surface area contributed by atoms with Crippen LogP contribution in [0.1, 0.15) is 59.4 Å². The summed E-state index contributed by atoms with van der Waals surface area (Å²) in [5, 5.41) is 10.4. The largest absolute Gasteiger partial charge is 0.507 e. The number of phenols is 1. The maximum absolute atomic E-state index is 11.6. The monoisotopic (exact) mass is 531 g/mol. The zero-order chi connectivity index (χ0) is 27.6. The highest BCUT2D eigenvalue weighted by Gasteiger charge is 2.40. The quantitative estimate of drug-likeness (QED) is 0.416. The first kappa shape index (κ1) is 27.1. The molecule has 8 heteroatoms. The zero-order valence-electron chi connectivity index (χ0n) is 23.0. The number of primary amides is 1. The van der Waals surface area contributed by atoms with Crippen LogP contribution >= 0.6 is 0 Å². The molecule has 0 unspecified atom stereocenters. The molecule has 206 valence electrons. The minimum absolute atomic E-state index is 0.0530. The summed E-state index contributed by atoms with van der Waals surface area (Å²) in [4.78, 5) is 19.1. The summed E-state index contributed by atoms with van der Waals surface area (Å²) >= 11 is 0. The first-order chi connectivity index (χ1) is 18.8. The average molecular weight is 532 g/mol. The van der Waals surface area contributed by atoms with E-state index in [0.29, 0.717) is 31.3 Å². The molecule has 1 amide bonds. The minimum atomic E-state index is -0.692. The van der Waals surface area contributed by atoms with Crippen LogP contribution < -0.4 is 10.5 Å². The number of hydrogen-bond donors (Lipinski definition) is 2. The van der Waals surface area contributed by atoms with Gasteiger partial charge in [0.1, 0.15) is 17.2 Å². The molecule has 0 aliphatic carbocycles. The molecule has 0 radical (unpaired) electrons. The highest BCUT2D eigenvalue weighted by molar-refractivity contribution is 5.95. The molecule has 3 aromatic rings. The second-order valence-electron chi connectivity index (χ2n) is 10.3. The Morgan fingerprint density at radius 1 is 1.08 bits per heavy atom. The van der Waals surface area contributed by atoms with Crippen molar-refractivity contribution < 1.29 is 24.1 Å². The average Bonchev–Trinajstić information content (AvgIpc) is 3.38. The lowest BCUT2D eigenvalue weighted by molar-refractivity contribution is -0.185. The summed E-state index contributed by atoms with van der Waals surface area (Å²) in [7, 11) is 0. The molecule has 2 saturated heterocycles. The van der Waals surface area contributed by atoms with Gasteiger partial charge in [-0.05, 0) is 43.0 Å². The van der Waals surface area contributed by atoms with Gasteiger partial charge in [0.15, 0.2) is 5.79 Å². The van der Waals surface area contributed by atoms with Crippen molar-refractivity contribution in [1.82, 2.24) is 9.88 Å². The Bertz CT molecular complexity index is 1330. The molecule has 1 spiro atoms. The first-order valence-corrected chi connectivity index (χ1v) is 13.7. The van der Waals surface area contributed by atoms with E-state index in [2.05, 4.69) is 36.9 Å². The van der Waals surface area contributed by atoms with Crippen LogP contribution in [0.5, 0.6) is 17.2 Å². The van der Waals surface area contributed by atoms with Gasteiger partial charge in [0.05, 0.1) is 24.5 Å². The van der Waals surface area contributed by atoms with Crippen molar-refractivity contribution in [1.29, 1.82) is 0 Å². The number of ether oxygens (including phenoxy) is 3. The Morgan fingerprint density at radius 2 is 1.74 bits per heavy atom. The molecule has 2 aliphatic heterocycles. The molecular formula is C31H37N3O5. The van der Waals surface area contributed by atoms with Crippen LogP contribution in [0.4, 0.5) is 0 Å². The van der Waals surface area contributed by atoms with Crippen molar-refractivity contribution in [3.05, 3.63) is 70.4 Å². The number of aryl methyl sites for hydroxylation is 3. The number of rotatable bonds is 8. The van der Waals surface area contributed by atoms with Gasteiger partial charge in [-0.25, -0.2) is 0 Å². The lowest BCUT2D eigenvalue weighted by atomic mass is 9.94. The summed E-state index contributed by atoms with van der Waals surface area (Å²) in [6, 6.07) is 13.0. The number of likely N-dealkylation sites (tertiary alicyclic amines) is 1. The molecule has 2 aliphatic rings. The number of aromatic hydroxyl groups is 1. The molecule has 1 aromatic heterocycles. The van der Waals surface area contributed by atoms with Gasteiger partial charge in [-0.1, -0.05) is 32.0 Å². The molecule has 2 fully saturated rings. The molecule has 0 bridgehead atoms. The van der Waals surface area contributed by atoms with Crippen LogP contribution in [0.2, 0.25) is 0 Å². The number of hydrogen-bond acceptors (Lipinski definition) is 7. The Kier molecular flexibility index (Phi) is 7.88. The van der Waals surface area contributed by atoms with Crippen molar-refractivity contribution in [2.24, 2.45) is 5.73 Å². The number of nitrogens with two attached hydrogens (primary N) is 1. The second kappa shape index (κ2) is 11.3. The number of benzene rings is 2. The Hall–Kier alpha value is -3.46. The lowest BCUT2D eigenvalue weighted by Gasteiger charge is -2.37. The third kappa shape index (κ3) is 5.64. The van der Waals surface area contributed by atoms with Crippen LogP contribution in [-0.4, -0.2) is 53.0 Å². The summed E-state index contributed by atoms with van der Waals surface area (Å²) < 4.78 is 18.2. The van der Waals surface area contributed by atoms with E-state index in [1.54, 1.807) is 6.07 Å². The summed E-state index contributed by atoms with van der Waals surface area (Å²) in [5.74, 6) is -0.253. The van der Waals surface area contributed by atoms with Crippen molar-refractivity contribution in [2.75, 3.05) is 26.3 Å². The van der Waals surface area contributed by atoms with E-state index in [0.717, 1.165) is 61.3 Å². The molecular weight excluding hydrogens is 494 g/mol. The van der Waals surface area contributed by atoms with Crippen molar-refractivity contribution in [3.63, 3.8) is 0 Å². The predicted octanol–water partition coefficient (Wildman–Crippen LogP) is 5.12. The van der Waals surface area contributed by atoms with E-state index >= 15 is 0 Å². The summed E-state index contributed by atoms with van der Waals surface area (Å²) in [5.41, 5.74) is 11.8. The lowest BCUT2D eigenvalue weighted by Crippen LogP contribution is -2.44. The minimum Gasteiger partial charge on any atom is -0.507 e. The van der Waals surface area contributed by atoms with E-state index in [-0.39, 0.29) is 11.3 Å². The molecule has 0 saturated carbocycles. The van der Waals surface area contributed by atoms with E-state index in [4.69, 9.17) is 24.9 Å². The zero-order valence-corrected chi connectivity index (χ0v) is 23.0. The van der Waals surface area contributed by atoms with E-state index in [1.807, 2.05) is 13.0 Å². The summed E-state index contributed by atoms with van der Waals surface area (Å²) in [6.07, 6.45) is 3.42. The standard InChI is InChI=1S/C31H37N3O5/c1-4-21-7-6-8-22(5-2)29(21)26-18-28(39-23-9-10-24(30(32)36)27(35)17-23)25(20(3)33-26)19-34-13-11-31(12-14-34)37-15-16-38-31/h6-10,17-18,35H,4-5,11-16,19H2,1-3H3,(H2,32,36). The molecule has 2 aromatic carbocycles. The second-order valence-corrected chi connectivity index (χ2v) is 10.3. The fraction of sp³-hybridized carbons (Fsp3) is 0.419. The number of carbonyl (C=O) groups excluding carboxylic acids is 1. The molecule has 5 rings (SSSR count). The maximum Gasteiger partial charge on any atom is 0.252 e. The van der Waals surface area contributed by atoms with Crippen molar-refractivity contribution in [3.8, 4) is 28.5 Å².